The molecule has 4 N–H and O–H groups in total. The SMILES string of the molecule is CC(=NN=C(N)N)c1ccc(OCc2ccccc2)cc1. The summed E-state index contributed by atoms with van der Waals surface area (Å²) in [6.45, 7) is 2.38. The molecule has 0 unspecified atom stereocenters. The molecular weight excluding hydrogens is 264 g/mol. The van der Waals surface area contributed by atoms with Gasteiger partial charge < -0.3 is 16.2 Å². The molecule has 0 atom stereocenters. The Morgan fingerprint density at radius 2 is 1.62 bits per heavy atom. The molecule has 0 fully saturated rings. The fraction of sp³-hybridized carbons (Fsp3) is 0.125. The van der Waals surface area contributed by atoms with Crippen molar-refractivity contribution in [3.8, 4) is 5.75 Å². The van der Waals surface area contributed by atoms with Crippen molar-refractivity contribution in [2.45, 2.75) is 13.5 Å². The van der Waals surface area contributed by atoms with Crippen LogP contribution in [0.5, 0.6) is 5.75 Å². The Hall–Kier alpha value is -2.82. The quantitative estimate of drug-likeness (QED) is 0.501. The molecule has 0 aliphatic heterocycles. The molecule has 108 valence electrons. The van der Waals surface area contributed by atoms with Crippen LogP contribution in [0.15, 0.2) is 64.8 Å². The van der Waals surface area contributed by atoms with E-state index < -0.39 is 0 Å². The third kappa shape index (κ3) is 4.65. The normalized spacial score (nSPS) is 11.0. The van der Waals surface area contributed by atoms with Gasteiger partial charge in [0.2, 0.25) is 5.96 Å². The summed E-state index contributed by atoms with van der Waals surface area (Å²) in [4.78, 5) is 0. The highest BCUT2D eigenvalue weighted by Gasteiger charge is 1.99. The van der Waals surface area contributed by atoms with Crippen LogP contribution in [0.3, 0.4) is 0 Å². The minimum absolute atomic E-state index is 0.0582. The molecule has 0 spiro atoms. The van der Waals surface area contributed by atoms with Crippen LogP contribution < -0.4 is 16.2 Å². The molecule has 0 saturated heterocycles. The number of nitrogens with zero attached hydrogens (tertiary/aromatic N) is 2. The van der Waals surface area contributed by atoms with Crippen LogP contribution in [0.1, 0.15) is 18.1 Å². The predicted molar refractivity (Wildman–Crippen MR) is 85.2 cm³/mol. The van der Waals surface area contributed by atoms with Gasteiger partial charge in [0.15, 0.2) is 0 Å². The molecule has 0 amide bonds. The van der Waals surface area contributed by atoms with Gasteiger partial charge in [0.05, 0.1) is 5.71 Å². The van der Waals surface area contributed by atoms with Crippen LogP contribution in [0.2, 0.25) is 0 Å². The minimum atomic E-state index is -0.0582. The molecular formula is C16H18N4O. The van der Waals surface area contributed by atoms with Gasteiger partial charge in [0.25, 0.3) is 0 Å². The van der Waals surface area contributed by atoms with Crippen molar-refractivity contribution in [1.29, 1.82) is 0 Å². The van der Waals surface area contributed by atoms with Crippen molar-refractivity contribution in [3.05, 3.63) is 65.7 Å². The van der Waals surface area contributed by atoms with Crippen molar-refractivity contribution < 1.29 is 4.74 Å². The molecule has 0 bridgehead atoms. The van der Waals surface area contributed by atoms with E-state index in [0.29, 0.717) is 6.61 Å². The zero-order valence-corrected chi connectivity index (χ0v) is 11.9. The molecule has 5 nitrogen and oxygen atoms in total. The van der Waals surface area contributed by atoms with Crippen LogP contribution in [0, 0.1) is 0 Å². The molecule has 2 aromatic rings. The number of benzene rings is 2. The largest absolute Gasteiger partial charge is 0.489 e. The number of hydrogen-bond donors (Lipinski definition) is 2. The fourth-order valence-electron chi connectivity index (χ4n) is 1.72. The molecule has 21 heavy (non-hydrogen) atoms. The van der Waals surface area contributed by atoms with Gasteiger partial charge in [0.1, 0.15) is 12.4 Å². The molecule has 5 heteroatoms. The summed E-state index contributed by atoms with van der Waals surface area (Å²) in [5.41, 5.74) is 13.3. The summed E-state index contributed by atoms with van der Waals surface area (Å²) in [5, 5.41) is 7.56. The van der Waals surface area contributed by atoms with Gasteiger partial charge in [-0.3, -0.25) is 0 Å². The van der Waals surface area contributed by atoms with E-state index in [1.165, 1.54) is 0 Å². The van der Waals surface area contributed by atoms with Gasteiger partial charge in [-0.2, -0.15) is 5.10 Å². The average Bonchev–Trinajstić information content (AvgIpc) is 2.52. The molecule has 0 heterocycles. The molecule has 2 aromatic carbocycles. The highest BCUT2D eigenvalue weighted by atomic mass is 16.5. The van der Waals surface area contributed by atoms with Gasteiger partial charge in [-0.15, -0.1) is 5.10 Å². The Labute approximate surface area is 124 Å². The molecule has 2 rings (SSSR count). The lowest BCUT2D eigenvalue weighted by Gasteiger charge is -2.07. The van der Waals surface area contributed by atoms with E-state index in [9.17, 15) is 0 Å². The van der Waals surface area contributed by atoms with E-state index >= 15 is 0 Å². The van der Waals surface area contributed by atoms with Crippen molar-refractivity contribution in [2.24, 2.45) is 21.7 Å². The summed E-state index contributed by atoms with van der Waals surface area (Å²) in [6, 6.07) is 17.6. The fourth-order valence-corrected chi connectivity index (χ4v) is 1.72. The second kappa shape index (κ2) is 7.09. The smallest absolute Gasteiger partial charge is 0.211 e. The van der Waals surface area contributed by atoms with Gasteiger partial charge in [-0.05, 0) is 42.3 Å². The maximum absolute atomic E-state index is 5.72. The summed E-state index contributed by atoms with van der Waals surface area (Å²) in [7, 11) is 0. The van der Waals surface area contributed by atoms with Crippen molar-refractivity contribution in [1.82, 2.24) is 0 Å². The van der Waals surface area contributed by atoms with E-state index in [-0.39, 0.29) is 5.96 Å². The van der Waals surface area contributed by atoms with Crippen molar-refractivity contribution in [3.63, 3.8) is 0 Å². The Morgan fingerprint density at radius 3 is 2.24 bits per heavy atom. The van der Waals surface area contributed by atoms with Gasteiger partial charge in [0, 0.05) is 0 Å². The number of guanidine groups is 1. The predicted octanol–water partition coefficient (Wildman–Crippen LogP) is 2.26. The van der Waals surface area contributed by atoms with E-state index in [1.54, 1.807) is 0 Å². The Kier molecular flexibility index (Phi) is 4.93. The van der Waals surface area contributed by atoms with Gasteiger partial charge >= 0.3 is 0 Å². The molecule has 0 aliphatic carbocycles. The molecule has 0 aliphatic rings. The minimum Gasteiger partial charge on any atom is -0.489 e. The van der Waals surface area contributed by atoms with Crippen LogP contribution in [-0.2, 0) is 6.61 Å². The standard InChI is InChI=1S/C16H18N4O/c1-12(19-20-16(17)18)14-7-9-15(10-8-14)21-11-13-5-3-2-4-6-13/h2-10H,11H2,1H3,(H4,17,18,20). The lowest BCUT2D eigenvalue weighted by atomic mass is 10.1. The van der Waals surface area contributed by atoms with Crippen LogP contribution >= 0.6 is 0 Å². The van der Waals surface area contributed by atoms with Crippen LogP contribution in [-0.4, -0.2) is 11.7 Å². The zero-order chi connectivity index (χ0) is 15.1. The molecule has 0 aromatic heterocycles. The van der Waals surface area contributed by atoms with E-state index in [0.717, 1.165) is 22.6 Å². The first-order valence-corrected chi connectivity index (χ1v) is 6.55. The summed E-state index contributed by atoms with van der Waals surface area (Å²) < 4.78 is 5.72. The van der Waals surface area contributed by atoms with Crippen molar-refractivity contribution in [2.75, 3.05) is 0 Å². The second-order valence-corrected chi connectivity index (χ2v) is 4.51. The summed E-state index contributed by atoms with van der Waals surface area (Å²) in [5.74, 6) is 0.745. The first-order chi connectivity index (χ1) is 10.1. The average molecular weight is 282 g/mol. The first kappa shape index (κ1) is 14.6. The maximum Gasteiger partial charge on any atom is 0.211 e. The Bertz CT molecular complexity index is 629. The molecule has 0 saturated carbocycles. The van der Waals surface area contributed by atoms with Crippen LogP contribution in [0.25, 0.3) is 0 Å². The van der Waals surface area contributed by atoms with Gasteiger partial charge in [-0.25, -0.2) is 0 Å². The van der Waals surface area contributed by atoms with Crippen molar-refractivity contribution >= 4 is 11.7 Å². The summed E-state index contributed by atoms with van der Waals surface area (Å²) in [6.07, 6.45) is 0. The third-order valence-corrected chi connectivity index (χ3v) is 2.84. The first-order valence-electron chi connectivity index (χ1n) is 6.55. The van der Waals surface area contributed by atoms with E-state index in [4.69, 9.17) is 16.2 Å². The maximum atomic E-state index is 5.72. The van der Waals surface area contributed by atoms with E-state index in [2.05, 4.69) is 10.2 Å². The summed E-state index contributed by atoms with van der Waals surface area (Å²) >= 11 is 0. The van der Waals surface area contributed by atoms with Crippen LogP contribution in [0.4, 0.5) is 0 Å². The highest BCUT2D eigenvalue weighted by molar-refractivity contribution is 5.99. The topological polar surface area (TPSA) is 86.0 Å². The van der Waals surface area contributed by atoms with Gasteiger partial charge in [-0.1, -0.05) is 30.3 Å². The van der Waals surface area contributed by atoms with E-state index in [1.807, 2.05) is 61.5 Å². The number of rotatable bonds is 5. The Morgan fingerprint density at radius 1 is 0.952 bits per heavy atom. The second-order valence-electron chi connectivity index (χ2n) is 4.51. The highest BCUT2D eigenvalue weighted by Crippen LogP contribution is 2.15. The number of hydrogen-bond acceptors (Lipinski definition) is 3. The molecule has 0 radical (unpaired) electrons. The lowest BCUT2D eigenvalue weighted by molar-refractivity contribution is 0.306. The number of ether oxygens (including phenoxy) is 1. The Balaban J connectivity index is 1.99. The lowest BCUT2D eigenvalue weighted by Crippen LogP contribution is -2.22. The monoisotopic (exact) mass is 282 g/mol. The number of nitrogens with two attached hydrogens (primary N) is 2. The third-order valence-electron chi connectivity index (χ3n) is 2.84. The zero-order valence-electron chi connectivity index (χ0n) is 11.9.